The first-order chi connectivity index (χ1) is 11.3. The Morgan fingerprint density at radius 2 is 1.35 bits per heavy atom. The van der Waals surface area contributed by atoms with E-state index in [-0.39, 0.29) is 5.75 Å². The topological polar surface area (TPSA) is 54.2 Å². The van der Waals surface area contributed by atoms with Gasteiger partial charge in [0, 0.05) is 0 Å². The highest BCUT2D eigenvalue weighted by atomic mass is 16.5. The summed E-state index contributed by atoms with van der Waals surface area (Å²) in [5.41, 5.74) is 1.48. The quantitative estimate of drug-likeness (QED) is 0.445. The van der Waals surface area contributed by atoms with E-state index in [9.17, 15) is 5.11 Å². The predicted molar refractivity (Wildman–Crippen MR) is 93.0 cm³/mol. The van der Waals surface area contributed by atoms with Crippen LogP contribution in [-0.2, 0) is 0 Å². The van der Waals surface area contributed by atoms with Crippen LogP contribution < -0.4 is 4.74 Å². The van der Waals surface area contributed by atoms with Gasteiger partial charge in [0.25, 0.3) is 0 Å². The third-order valence-corrected chi connectivity index (χ3v) is 3.48. The van der Waals surface area contributed by atoms with Crippen molar-refractivity contribution in [1.82, 2.24) is 0 Å². The number of phenols is 1. The van der Waals surface area contributed by atoms with E-state index in [1.54, 1.807) is 24.3 Å². The van der Waals surface area contributed by atoms with Gasteiger partial charge in [-0.05, 0) is 55.0 Å². The van der Waals surface area contributed by atoms with E-state index in [1.165, 1.54) is 25.7 Å². The third kappa shape index (κ3) is 6.51. The molecule has 2 aromatic rings. The highest BCUT2D eigenvalue weighted by Crippen LogP contribution is 2.22. The van der Waals surface area contributed by atoms with E-state index in [0.29, 0.717) is 5.69 Å². The molecule has 0 atom stereocenters. The van der Waals surface area contributed by atoms with Crippen LogP contribution in [-0.4, -0.2) is 11.7 Å². The molecular formula is C19H24N2O2. The molecule has 0 aliphatic carbocycles. The van der Waals surface area contributed by atoms with Gasteiger partial charge in [-0.25, -0.2) is 0 Å². The molecule has 0 radical (unpaired) electrons. The van der Waals surface area contributed by atoms with Crippen LogP contribution in [0, 0.1) is 0 Å². The monoisotopic (exact) mass is 312 g/mol. The van der Waals surface area contributed by atoms with Gasteiger partial charge in [0.05, 0.1) is 18.0 Å². The van der Waals surface area contributed by atoms with Crippen molar-refractivity contribution in [2.75, 3.05) is 6.61 Å². The van der Waals surface area contributed by atoms with Crippen LogP contribution in [0.2, 0.25) is 0 Å². The van der Waals surface area contributed by atoms with E-state index in [2.05, 4.69) is 17.2 Å². The van der Waals surface area contributed by atoms with Crippen molar-refractivity contribution >= 4 is 11.4 Å². The molecule has 2 rings (SSSR count). The van der Waals surface area contributed by atoms with Crippen LogP contribution in [0.1, 0.15) is 39.0 Å². The average molecular weight is 312 g/mol. The number of azo groups is 1. The first-order valence-corrected chi connectivity index (χ1v) is 8.21. The number of ether oxygens (including phenoxy) is 1. The van der Waals surface area contributed by atoms with E-state index in [1.807, 2.05) is 24.3 Å². The lowest BCUT2D eigenvalue weighted by molar-refractivity contribution is 0.304. The van der Waals surface area contributed by atoms with Gasteiger partial charge in [-0.1, -0.05) is 32.6 Å². The van der Waals surface area contributed by atoms with Gasteiger partial charge in [0.15, 0.2) is 0 Å². The maximum absolute atomic E-state index is 9.22. The van der Waals surface area contributed by atoms with Crippen LogP contribution in [0.3, 0.4) is 0 Å². The third-order valence-electron chi connectivity index (χ3n) is 3.48. The van der Waals surface area contributed by atoms with E-state index in [0.717, 1.165) is 24.5 Å². The van der Waals surface area contributed by atoms with Crippen LogP contribution in [0.4, 0.5) is 11.4 Å². The van der Waals surface area contributed by atoms with Crippen LogP contribution in [0.25, 0.3) is 0 Å². The molecular weight excluding hydrogens is 288 g/mol. The Hall–Kier alpha value is -2.36. The molecule has 0 spiro atoms. The second kappa shape index (κ2) is 9.62. The maximum atomic E-state index is 9.22. The molecule has 4 nitrogen and oxygen atoms in total. The number of unbranched alkanes of at least 4 members (excludes halogenated alkanes) is 4. The summed E-state index contributed by atoms with van der Waals surface area (Å²) in [4.78, 5) is 0. The van der Waals surface area contributed by atoms with Gasteiger partial charge in [-0.15, -0.1) is 0 Å². The SMILES string of the molecule is CCCCCCCOc1ccc(N=Nc2ccc(O)cc2)cc1. The van der Waals surface area contributed by atoms with Crippen molar-refractivity contribution < 1.29 is 9.84 Å². The molecule has 0 saturated carbocycles. The summed E-state index contributed by atoms with van der Waals surface area (Å²) in [7, 11) is 0. The Morgan fingerprint density at radius 1 is 0.783 bits per heavy atom. The summed E-state index contributed by atoms with van der Waals surface area (Å²) in [5.74, 6) is 1.09. The fourth-order valence-electron chi connectivity index (χ4n) is 2.14. The molecule has 0 bridgehead atoms. The lowest BCUT2D eigenvalue weighted by Crippen LogP contribution is -1.96. The fraction of sp³-hybridized carbons (Fsp3) is 0.368. The van der Waals surface area contributed by atoms with Crippen molar-refractivity contribution in [3.8, 4) is 11.5 Å². The Morgan fingerprint density at radius 3 is 1.96 bits per heavy atom. The van der Waals surface area contributed by atoms with Crippen molar-refractivity contribution in [2.45, 2.75) is 39.0 Å². The molecule has 0 aliphatic heterocycles. The van der Waals surface area contributed by atoms with Gasteiger partial charge in [-0.3, -0.25) is 0 Å². The standard InChI is InChI=1S/C19H24N2O2/c1-2-3-4-5-6-15-23-19-13-9-17(10-14-19)21-20-16-7-11-18(22)12-8-16/h7-14,22H,2-6,15H2,1H3. The minimum absolute atomic E-state index is 0.222. The number of aromatic hydroxyl groups is 1. The zero-order chi connectivity index (χ0) is 16.3. The van der Waals surface area contributed by atoms with Gasteiger partial charge in [0.2, 0.25) is 0 Å². The van der Waals surface area contributed by atoms with Crippen molar-refractivity contribution in [3.05, 3.63) is 48.5 Å². The molecule has 0 saturated heterocycles. The summed E-state index contributed by atoms with van der Waals surface area (Å²) < 4.78 is 5.72. The van der Waals surface area contributed by atoms with Gasteiger partial charge < -0.3 is 9.84 Å². The van der Waals surface area contributed by atoms with E-state index >= 15 is 0 Å². The summed E-state index contributed by atoms with van der Waals surface area (Å²) in [6, 6.07) is 14.2. The molecule has 23 heavy (non-hydrogen) atoms. The Balaban J connectivity index is 1.76. The van der Waals surface area contributed by atoms with E-state index in [4.69, 9.17) is 4.74 Å². The average Bonchev–Trinajstić information content (AvgIpc) is 2.58. The summed E-state index contributed by atoms with van der Waals surface area (Å²) in [6.07, 6.45) is 6.19. The molecule has 2 aromatic carbocycles. The molecule has 122 valence electrons. The van der Waals surface area contributed by atoms with Gasteiger partial charge >= 0.3 is 0 Å². The number of phenolic OH excluding ortho intramolecular Hbond substituents is 1. The number of benzene rings is 2. The summed E-state index contributed by atoms with van der Waals surface area (Å²) in [5, 5.41) is 17.5. The molecule has 0 fully saturated rings. The molecule has 0 amide bonds. The fourth-order valence-corrected chi connectivity index (χ4v) is 2.14. The second-order valence-electron chi connectivity index (χ2n) is 5.47. The molecule has 0 heterocycles. The number of hydrogen-bond acceptors (Lipinski definition) is 4. The van der Waals surface area contributed by atoms with Crippen molar-refractivity contribution in [2.24, 2.45) is 10.2 Å². The molecule has 0 unspecified atom stereocenters. The molecule has 1 N–H and O–H groups in total. The minimum Gasteiger partial charge on any atom is -0.508 e. The highest BCUT2D eigenvalue weighted by molar-refractivity contribution is 5.43. The first-order valence-electron chi connectivity index (χ1n) is 8.21. The first kappa shape index (κ1) is 17.0. The Kier molecular flexibility index (Phi) is 7.11. The van der Waals surface area contributed by atoms with E-state index < -0.39 is 0 Å². The zero-order valence-electron chi connectivity index (χ0n) is 13.6. The van der Waals surface area contributed by atoms with Crippen molar-refractivity contribution in [1.29, 1.82) is 0 Å². The van der Waals surface area contributed by atoms with Crippen molar-refractivity contribution in [3.63, 3.8) is 0 Å². The largest absolute Gasteiger partial charge is 0.508 e. The highest BCUT2D eigenvalue weighted by Gasteiger charge is 1.96. The van der Waals surface area contributed by atoms with Gasteiger partial charge in [0.1, 0.15) is 11.5 Å². The zero-order valence-corrected chi connectivity index (χ0v) is 13.6. The summed E-state index contributed by atoms with van der Waals surface area (Å²) in [6.45, 7) is 2.98. The normalized spacial score (nSPS) is 11.0. The molecule has 4 heteroatoms. The van der Waals surface area contributed by atoms with Gasteiger partial charge in [-0.2, -0.15) is 10.2 Å². The lowest BCUT2D eigenvalue weighted by Gasteiger charge is -2.05. The minimum atomic E-state index is 0.222. The van der Waals surface area contributed by atoms with Crippen LogP contribution in [0.15, 0.2) is 58.8 Å². The predicted octanol–water partition coefficient (Wildman–Crippen LogP) is 6.16. The number of rotatable bonds is 9. The van der Waals surface area contributed by atoms with Crippen LogP contribution in [0.5, 0.6) is 11.5 Å². The number of hydrogen-bond donors (Lipinski definition) is 1. The number of nitrogens with zero attached hydrogens (tertiary/aromatic N) is 2. The Bertz CT molecular complexity index is 592. The maximum Gasteiger partial charge on any atom is 0.119 e. The molecule has 0 aromatic heterocycles. The molecule has 0 aliphatic rings. The smallest absolute Gasteiger partial charge is 0.119 e. The second-order valence-corrected chi connectivity index (χ2v) is 5.47. The van der Waals surface area contributed by atoms with Crippen LogP contribution >= 0.6 is 0 Å². The lowest BCUT2D eigenvalue weighted by atomic mass is 10.2. The summed E-state index contributed by atoms with van der Waals surface area (Å²) >= 11 is 0. The Labute approximate surface area is 137 Å².